The van der Waals surface area contributed by atoms with E-state index >= 15 is 0 Å². The van der Waals surface area contributed by atoms with Crippen LogP contribution in [-0.4, -0.2) is 33.8 Å². The normalized spacial score (nSPS) is 10.9. The van der Waals surface area contributed by atoms with Crippen molar-refractivity contribution in [3.63, 3.8) is 0 Å². The second-order valence-electron chi connectivity index (χ2n) is 8.97. The van der Waals surface area contributed by atoms with Crippen molar-refractivity contribution >= 4 is 53.7 Å². The van der Waals surface area contributed by atoms with Crippen LogP contribution in [0.1, 0.15) is 11.1 Å². The van der Waals surface area contributed by atoms with Crippen LogP contribution >= 0.6 is 31.9 Å². The highest BCUT2D eigenvalue weighted by Crippen LogP contribution is 2.25. The molecule has 0 amide bonds. The van der Waals surface area contributed by atoms with Crippen molar-refractivity contribution in [1.82, 2.24) is 19.6 Å². The van der Waals surface area contributed by atoms with Gasteiger partial charge in [-0.05, 0) is 59.7 Å². The number of hydrogen-bond acceptors (Lipinski definition) is 4. The third-order valence-electron chi connectivity index (χ3n) is 6.26. The molecule has 0 unspecified atom stereocenters. The molecule has 204 valence electrons. The second kappa shape index (κ2) is 12.2. The Labute approximate surface area is 246 Å². The molecule has 40 heavy (non-hydrogen) atoms. The SMILES string of the molecule is COc1ccc(Cn2cc3c(F)cc(Br)cc3n2)cc1.COc1ccc(Cn2ncc3c(F)cc(Br)cc32)cc1. The van der Waals surface area contributed by atoms with Crippen LogP contribution in [0.2, 0.25) is 0 Å². The molecular formula is C30H24Br2F2N4O2. The molecule has 6 aromatic rings. The van der Waals surface area contributed by atoms with E-state index in [1.807, 2.05) is 60.7 Å². The van der Waals surface area contributed by atoms with Gasteiger partial charge in [0.1, 0.15) is 23.1 Å². The average molecular weight is 670 g/mol. The Morgan fingerprint density at radius 2 is 1.27 bits per heavy atom. The lowest BCUT2D eigenvalue weighted by Gasteiger charge is -2.06. The lowest BCUT2D eigenvalue weighted by atomic mass is 10.2. The first-order chi connectivity index (χ1) is 19.3. The lowest BCUT2D eigenvalue weighted by Crippen LogP contribution is -2.01. The quantitative estimate of drug-likeness (QED) is 0.180. The van der Waals surface area contributed by atoms with Crippen molar-refractivity contribution in [3.8, 4) is 11.5 Å². The zero-order valence-corrected chi connectivity index (χ0v) is 24.8. The summed E-state index contributed by atoms with van der Waals surface area (Å²) in [6.45, 7) is 1.18. The molecule has 0 atom stereocenters. The first kappa shape index (κ1) is 27.8. The fourth-order valence-electron chi connectivity index (χ4n) is 4.23. The van der Waals surface area contributed by atoms with Crippen LogP contribution in [0, 0.1) is 11.6 Å². The van der Waals surface area contributed by atoms with E-state index in [9.17, 15) is 8.78 Å². The monoisotopic (exact) mass is 668 g/mol. The van der Waals surface area contributed by atoms with Crippen molar-refractivity contribution < 1.29 is 18.3 Å². The Morgan fingerprint density at radius 3 is 1.88 bits per heavy atom. The third-order valence-corrected chi connectivity index (χ3v) is 7.17. The molecule has 0 aliphatic carbocycles. The molecule has 0 bridgehead atoms. The smallest absolute Gasteiger partial charge is 0.135 e. The number of benzene rings is 4. The molecule has 0 spiro atoms. The van der Waals surface area contributed by atoms with Crippen LogP contribution in [0.4, 0.5) is 8.78 Å². The Hall–Kier alpha value is -3.76. The molecule has 4 aromatic carbocycles. The molecule has 0 saturated heterocycles. The largest absolute Gasteiger partial charge is 0.497 e. The van der Waals surface area contributed by atoms with Gasteiger partial charge in [-0.1, -0.05) is 56.1 Å². The van der Waals surface area contributed by atoms with Gasteiger partial charge in [0.25, 0.3) is 0 Å². The highest BCUT2D eigenvalue weighted by atomic mass is 79.9. The Balaban J connectivity index is 0.000000161. The van der Waals surface area contributed by atoms with Crippen molar-refractivity contribution in [2.45, 2.75) is 13.1 Å². The van der Waals surface area contributed by atoms with Gasteiger partial charge in [-0.3, -0.25) is 9.36 Å². The van der Waals surface area contributed by atoms with Crippen LogP contribution in [0.25, 0.3) is 21.8 Å². The van der Waals surface area contributed by atoms with Gasteiger partial charge in [0.2, 0.25) is 0 Å². The van der Waals surface area contributed by atoms with E-state index in [4.69, 9.17) is 9.47 Å². The molecule has 2 aromatic heterocycles. The van der Waals surface area contributed by atoms with Gasteiger partial charge < -0.3 is 9.47 Å². The van der Waals surface area contributed by atoms with E-state index in [-0.39, 0.29) is 11.6 Å². The van der Waals surface area contributed by atoms with Gasteiger partial charge in [0, 0.05) is 15.1 Å². The number of hydrogen-bond donors (Lipinski definition) is 0. The molecular weight excluding hydrogens is 646 g/mol. The number of halogens is 4. The fourth-order valence-corrected chi connectivity index (χ4v) is 5.06. The predicted molar refractivity (Wildman–Crippen MR) is 159 cm³/mol. The van der Waals surface area contributed by atoms with E-state index in [0.717, 1.165) is 28.1 Å². The summed E-state index contributed by atoms with van der Waals surface area (Å²) >= 11 is 6.58. The maximum Gasteiger partial charge on any atom is 0.135 e. The van der Waals surface area contributed by atoms with Gasteiger partial charge >= 0.3 is 0 Å². The average Bonchev–Trinajstić information content (AvgIpc) is 3.54. The van der Waals surface area contributed by atoms with Crippen LogP contribution in [0.3, 0.4) is 0 Å². The third kappa shape index (κ3) is 6.34. The molecule has 0 radical (unpaired) electrons. The van der Waals surface area contributed by atoms with E-state index < -0.39 is 0 Å². The lowest BCUT2D eigenvalue weighted by molar-refractivity contribution is 0.414. The molecule has 10 heteroatoms. The Kier molecular flexibility index (Phi) is 8.46. The van der Waals surface area contributed by atoms with E-state index in [1.54, 1.807) is 36.0 Å². The summed E-state index contributed by atoms with van der Waals surface area (Å²) in [5.74, 6) is 1.09. The van der Waals surface area contributed by atoms with Crippen LogP contribution in [0.15, 0.2) is 94.1 Å². The van der Waals surface area contributed by atoms with E-state index in [0.29, 0.717) is 38.3 Å². The van der Waals surface area contributed by atoms with E-state index in [1.165, 1.54) is 12.1 Å². The maximum atomic E-state index is 13.8. The van der Waals surface area contributed by atoms with Gasteiger partial charge in [0.15, 0.2) is 0 Å². The molecule has 2 heterocycles. The summed E-state index contributed by atoms with van der Waals surface area (Å²) in [7, 11) is 3.27. The summed E-state index contributed by atoms with van der Waals surface area (Å²) in [5, 5.41) is 9.71. The van der Waals surface area contributed by atoms with E-state index in [2.05, 4.69) is 42.1 Å². The summed E-state index contributed by atoms with van der Waals surface area (Å²) in [6, 6.07) is 22.1. The van der Waals surface area contributed by atoms with Crippen LogP contribution < -0.4 is 9.47 Å². The molecule has 0 aliphatic rings. The maximum absolute atomic E-state index is 13.8. The first-order valence-corrected chi connectivity index (χ1v) is 13.8. The van der Waals surface area contributed by atoms with Crippen molar-refractivity contribution in [2.75, 3.05) is 14.2 Å². The number of methoxy groups -OCH3 is 2. The summed E-state index contributed by atoms with van der Waals surface area (Å²) in [5.41, 5.74) is 3.58. The standard InChI is InChI=1S/2C15H12BrFN2O/c1-20-12-4-2-10(3-5-12)9-19-15-7-11(16)6-14(17)13(15)8-18-19;1-20-12-4-2-10(3-5-12)8-19-9-13-14(17)6-11(16)7-15(13)18-19/h2-8H,9H2,1H3;2-7,9H,8H2,1H3. The predicted octanol–water partition coefficient (Wildman–Crippen LogP) is 7.99. The van der Waals surface area contributed by atoms with Gasteiger partial charge in [-0.15, -0.1) is 0 Å². The number of ether oxygens (including phenoxy) is 2. The highest BCUT2D eigenvalue weighted by Gasteiger charge is 2.10. The summed E-state index contributed by atoms with van der Waals surface area (Å²) < 4.78 is 42.8. The molecule has 0 aliphatic heterocycles. The van der Waals surface area contributed by atoms with Gasteiger partial charge in [0.05, 0.1) is 55.3 Å². The number of aromatic nitrogens is 4. The van der Waals surface area contributed by atoms with Gasteiger partial charge in [-0.25, -0.2) is 8.78 Å². The van der Waals surface area contributed by atoms with Crippen molar-refractivity contribution in [2.24, 2.45) is 0 Å². The van der Waals surface area contributed by atoms with Crippen LogP contribution in [0.5, 0.6) is 11.5 Å². The Bertz CT molecular complexity index is 1760. The molecule has 0 saturated carbocycles. The van der Waals surface area contributed by atoms with Crippen LogP contribution in [-0.2, 0) is 13.1 Å². The summed E-state index contributed by atoms with van der Waals surface area (Å²) in [4.78, 5) is 0. The number of rotatable bonds is 6. The molecule has 0 fully saturated rings. The second-order valence-corrected chi connectivity index (χ2v) is 10.8. The van der Waals surface area contributed by atoms with Crippen molar-refractivity contribution in [1.29, 1.82) is 0 Å². The zero-order valence-electron chi connectivity index (χ0n) is 21.6. The minimum Gasteiger partial charge on any atom is -0.497 e. The highest BCUT2D eigenvalue weighted by molar-refractivity contribution is 9.10. The fraction of sp³-hybridized carbons (Fsp3) is 0.133. The molecule has 6 rings (SSSR count). The molecule has 0 N–H and O–H groups in total. The number of fused-ring (bicyclic) bond motifs is 2. The minimum atomic E-state index is -0.268. The topological polar surface area (TPSA) is 54.1 Å². The van der Waals surface area contributed by atoms with Gasteiger partial charge in [-0.2, -0.15) is 10.2 Å². The number of nitrogens with zero attached hydrogens (tertiary/aromatic N) is 4. The Morgan fingerprint density at radius 1 is 0.725 bits per heavy atom. The van der Waals surface area contributed by atoms with Crippen molar-refractivity contribution in [3.05, 3.63) is 117 Å². The first-order valence-electron chi connectivity index (χ1n) is 12.2. The summed E-state index contributed by atoms with van der Waals surface area (Å²) in [6.07, 6.45) is 3.28. The minimum absolute atomic E-state index is 0.268. The molecule has 6 nitrogen and oxygen atoms in total. The zero-order chi connectivity index (χ0) is 28.2.